The summed E-state index contributed by atoms with van der Waals surface area (Å²) < 4.78 is 15.3. The molecule has 7 heteroatoms. The van der Waals surface area contributed by atoms with Gasteiger partial charge in [-0.3, -0.25) is 19.5 Å². The average Bonchev–Trinajstić information content (AvgIpc) is 3.06. The van der Waals surface area contributed by atoms with E-state index in [0.717, 1.165) is 11.0 Å². The molecule has 2 amide bonds. The normalized spacial score (nSPS) is 16.0. The van der Waals surface area contributed by atoms with Crippen molar-refractivity contribution in [1.29, 1.82) is 0 Å². The molecule has 0 fully saturated rings. The molecule has 2 heterocycles. The maximum atomic E-state index is 13.6. The first-order valence-electron chi connectivity index (χ1n) is 7.46. The van der Waals surface area contributed by atoms with Crippen molar-refractivity contribution in [2.75, 3.05) is 10.6 Å². The van der Waals surface area contributed by atoms with Crippen LogP contribution in [0.1, 0.15) is 12.5 Å². The number of rotatable bonds is 3. The number of para-hydroxylation sites is 3. The van der Waals surface area contributed by atoms with E-state index < -0.39 is 17.8 Å². The molecule has 6 nitrogen and oxygen atoms in total. The standard InChI is InChI=1S/C17H13FN4O2/c18-10-5-1-2-6-11(10)19-15(23)9-14-16(24)21-17-20-12-7-3-4-8-13(12)22(14)17/h1-8,14H,9H2,(H,19,23)(H,20,21,24)/t14-/m1/s1. The van der Waals surface area contributed by atoms with Gasteiger partial charge in [-0.1, -0.05) is 24.3 Å². The number of nitrogens with one attached hydrogen (secondary N) is 2. The van der Waals surface area contributed by atoms with Gasteiger partial charge < -0.3 is 5.32 Å². The number of aromatic nitrogens is 2. The smallest absolute Gasteiger partial charge is 0.250 e. The molecule has 0 spiro atoms. The maximum absolute atomic E-state index is 13.6. The Labute approximate surface area is 136 Å². The molecule has 3 aromatic rings. The first-order chi connectivity index (χ1) is 11.6. The molecule has 4 rings (SSSR count). The fraction of sp³-hybridized carbons (Fsp3) is 0.118. The predicted molar refractivity (Wildman–Crippen MR) is 87.0 cm³/mol. The minimum atomic E-state index is -0.709. The second kappa shape index (κ2) is 5.45. The molecule has 1 aliphatic rings. The third-order valence-corrected chi connectivity index (χ3v) is 3.97. The minimum absolute atomic E-state index is 0.0941. The van der Waals surface area contributed by atoms with Crippen molar-refractivity contribution in [1.82, 2.24) is 9.55 Å². The number of halogens is 1. The highest BCUT2D eigenvalue weighted by Crippen LogP contribution is 2.32. The van der Waals surface area contributed by atoms with Crippen LogP contribution in [0.5, 0.6) is 0 Å². The van der Waals surface area contributed by atoms with Gasteiger partial charge in [0.05, 0.1) is 23.1 Å². The van der Waals surface area contributed by atoms with Crippen LogP contribution in [0.4, 0.5) is 16.0 Å². The molecule has 0 saturated carbocycles. The van der Waals surface area contributed by atoms with E-state index in [9.17, 15) is 14.0 Å². The Morgan fingerprint density at radius 1 is 1.21 bits per heavy atom. The largest absolute Gasteiger partial charge is 0.324 e. The molecule has 1 aromatic heterocycles. The van der Waals surface area contributed by atoms with Crippen LogP contribution in [-0.2, 0) is 9.59 Å². The third-order valence-electron chi connectivity index (χ3n) is 3.97. The van der Waals surface area contributed by atoms with E-state index in [1.54, 1.807) is 16.7 Å². The Morgan fingerprint density at radius 3 is 2.79 bits per heavy atom. The number of fused-ring (bicyclic) bond motifs is 3. The number of carbonyl (C=O) groups excluding carboxylic acids is 2. The Hall–Kier alpha value is -3.22. The van der Waals surface area contributed by atoms with Crippen LogP contribution in [-0.4, -0.2) is 21.4 Å². The summed E-state index contributed by atoms with van der Waals surface area (Å²) in [7, 11) is 0. The van der Waals surface area contributed by atoms with Gasteiger partial charge in [0.25, 0.3) is 0 Å². The molecule has 1 aliphatic heterocycles. The number of hydrogen-bond acceptors (Lipinski definition) is 3. The Kier molecular flexibility index (Phi) is 3.26. The Morgan fingerprint density at radius 2 is 1.96 bits per heavy atom. The summed E-state index contributed by atoms with van der Waals surface area (Å²) in [6.45, 7) is 0. The summed E-state index contributed by atoms with van der Waals surface area (Å²) in [4.78, 5) is 28.7. The van der Waals surface area contributed by atoms with Gasteiger partial charge in [-0.05, 0) is 24.3 Å². The fourth-order valence-electron chi connectivity index (χ4n) is 2.88. The van der Waals surface area contributed by atoms with Gasteiger partial charge in [-0.15, -0.1) is 0 Å². The van der Waals surface area contributed by atoms with Crippen LogP contribution in [0.25, 0.3) is 11.0 Å². The number of amides is 2. The minimum Gasteiger partial charge on any atom is -0.324 e. The second-order valence-corrected chi connectivity index (χ2v) is 5.53. The molecular formula is C17H13FN4O2. The van der Waals surface area contributed by atoms with Crippen LogP contribution in [0.3, 0.4) is 0 Å². The van der Waals surface area contributed by atoms with Crippen molar-refractivity contribution in [2.24, 2.45) is 0 Å². The molecule has 0 aliphatic carbocycles. The molecule has 2 aromatic carbocycles. The SMILES string of the molecule is O=C(C[C@@H]1C(=O)Nc2nc3ccccc3n21)Nc1ccccc1F. The van der Waals surface area contributed by atoms with Gasteiger partial charge in [0, 0.05) is 0 Å². The number of benzene rings is 2. The van der Waals surface area contributed by atoms with Crippen molar-refractivity contribution in [2.45, 2.75) is 12.5 Å². The van der Waals surface area contributed by atoms with Crippen LogP contribution < -0.4 is 10.6 Å². The lowest BCUT2D eigenvalue weighted by Crippen LogP contribution is -2.23. The molecule has 0 bridgehead atoms. The number of nitrogens with zero attached hydrogens (tertiary/aromatic N) is 2. The summed E-state index contributed by atoms with van der Waals surface area (Å²) in [5, 5.41) is 5.18. The zero-order chi connectivity index (χ0) is 16.7. The monoisotopic (exact) mass is 324 g/mol. The van der Waals surface area contributed by atoms with Crippen molar-refractivity contribution in [3.8, 4) is 0 Å². The number of carbonyl (C=O) groups is 2. The quantitative estimate of drug-likeness (QED) is 0.778. The second-order valence-electron chi connectivity index (χ2n) is 5.53. The molecule has 2 N–H and O–H groups in total. The van der Waals surface area contributed by atoms with Gasteiger partial charge in [-0.25, -0.2) is 9.37 Å². The van der Waals surface area contributed by atoms with E-state index in [4.69, 9.17) is 0 Å². The lowest BCUT2D eigenvalue weighted by atomic mass is 10.1. The van der Waals surface area contributed by atoms with Gasteiger partial charge in [0.1, 0.15) is 11.9 Å². The molecule has 0 saturated heterocycles. The average molecular weight is 324 g/mol. The van der Waals surface area contributed by atoms with Gasteiger partial charge in [0.2, 0.25) is 17.8 Å². The zero-order valence-electron chi connectivity index (χ0n) is 12.5. The topological polar surface area (TPSA) is 76.0 Å². The fourth-order valence-corrected chi connectivity index (χ4v) is 2.88. The lowest BCUT2D eigenvalue weighted by Gasteiger charge is -2.12. The van der Waals surface area contributed by atoms with Crippen molar-refractivity contribution in [3.05, 3.63) is 54.3 Å². The van der Waals surface area contributed by atoms with E-state index in [1.807, 2.05) is 24.3 Å². The van der Waals surface area contributed by atoms with Crippen molar-refractivity contribution >= 4 is 34.5 Å². The number of imidazole rings is 1. The van der Waals surface area contributed by atoms with Gasteiger partial charge >= 0.3 is 0 Å². The molecule has 1 atom stereocenters. The van der Waals surface area contributed by atoms with Crippen LogP contribution in [0, 0.1) is 5.82 Å². The molecular weight excluding hydrogens is 311 g/mol. The highest BCUT2D eigenvalue weighted by Gasteiger charge is 2.34. The molecule has 0 radical (unpaired) electrons. The van der Waals surface area contributed by atoms with Gasteiger partial charge in [-0.2, -0.15) is 0 Å². The molecule has 24 heavy (non-hydrogen) atoms. The van der Waals surface area contributed by atoms with E-state index in [0.29, 0.717) is 5.95 Å². The first kappa shape index (κ1) is 14.4. The lowest BCUT2D eigenvalue weighted by molar-refractivity contribution is -0.123. The summed E-state index contributed by atoms with van der Waals surface area (Å²) in [5.74, 6) is -0.835. The summed E-state index contributed by atoms with van der Waals surface area (Å²) >= 11 is 0. The summed E-state index contributed by atoms with van der Waals surface area (Å²) in [5.41, 5.74) is 1.61. The van der Waals surface area contributed by atoms with E-state index in [-0.39, 0.29) is 18.0 Å². The highest BCUT2D eigenvalue weighted by molar-refractivity contribution is 6.03. The van der Waals surface area contributed by atoms with E-state index >= 15 is 0 Å². The van der Waals surface area contributed by atoms with Crippen LogP contribution >= 0.6 is 0 Å². The number of anilines is 2. The van der Waals surface area contributed by atoms with Crippen molar-refractivity contribution in [3.63, 3.8) is 0 Å². The first-order valence-corrected chi connectivity index (χ1v) is 7.46. The zero-order valence-corrected chi connectivity index (χ0v) is 12.5. The maximum Gasteiger partial charge on any atom is 0.250 e. The Balaban J connectivity index is 1.60. The van der Waals surface area contributed by atoms with Crippen LogP contribution in [0.15, 0.2) is 48.5 Å². The molecule has 0 unspecified atom stereocenters. The van der Waals surface area contributed by atoms with E-state index in [2.05, 4.69) is 15.6 Å². The molecule has 120 valence electrons. The highest BCUT2D eigenvalue weighted by atomic mass is 19.1. The summed E-state index contributed by atoms with van der Waals surface area (Å²) in [6, 6.07) is 12.6. The van der Waals surface area contributed by atoms with Crippen molar-refractivity contribution < 1.29 is 14.0 Å². The number of hydrogen-bond donors (Lipinski definition) is 2. The summed E-state index contributed by atoms with van der Waals surface area (Å²) in [6.07, 6.45) is -0.104. The van der Waals surface area contributed by atoms with Crippen LogP contribution in [0.2, 0.25) is 0 Å². The van der Waals surface area contributed by atoms with Gasteiger partial charge in [0.15, 0.2) is 0 Å². The predicted octanol–water partition coefficient (Wildman–Crippen LogP) is 2.70. The van der Waals surface area contributed by atoms with E-state index in [1.165, 1.54) is 12.1 Å². The Bertz CT molecular complexity index is 966. The third kappa shape index (κ3) is 2.30.